The average Bonchev–Trinajstić information content (AvgIpc) is 3.03. The van der Waals surface area contributed by atoms with E-state index in [1.165, 1.54) is 31.4 Å². The molecule has 0 saturated carbocycles. The van der Waals surface area contributed by atoms with E-state index in [1.54, 1.807) is 12.1 Å². The summed E-state index contributed by atoms with van der Waals surface area (Å²) in [6.45, 7) is 5.04. The Morgan fingerprint density at radius 2 is 2.38 bits per heavy atom. The lowest BCUT2D eigenvalue weighted by Crippen LogP contribution is -2.51. The molecule has 0 unspecified atom stereocenters. The van der Waals surface area contributed by atoms with Gasteiger partial charge in [0.1, 0.15) is 0 Å². The van der Waals surface area contributed by atoms with Gasteiger partial charge in [0.2, 0.25) is 5.91 Å². The zero-order chi connectivity index (χ0) is 18.5. The molecule has 2 aromatic rings. The summed E-state index contributed by atoms with van der Waals surface area (Å²) >= 11 is 1.50. The van der Waals surface area contributed by atoms with Crippen LogP contribution in [-0.4, -0.2) is 48.6 Å². The molecule has 2 N–H and O–H groups in total. The molecule has 0 bridgehead atoms. The third-order valence-electron chi connectivity index (χ3n) is 4.25. The Hall–Kier alpha value is -2.03. The predicted octanol–water partition coefficient (Wildman–Crippen LogP) is 2.27. The highest BCUT2D eigenvalue weighted by molar-refractivity contribution is 7.15. The molecule has 0 radical (unpaired) electrons. The molecule has 8 heteroatoms. The molecule has 3 rings (SSSR count). The maximum Gasteiger partial charge on any atom is 0.223 e. The van der Waals surface area contributed by atoms with E-state index in [0.717, 1.165) is 43.0 Å². The van der Waals surface area contributed by atoms with Gasteiger partial charge in [0.05, 0.1) is 7.11 Å². The van der Waals surface area contributed by atoms with Gasteiger partial charge in [-0.3, -0.25) is 9.69 Å². The van der Waals surface area contributed by atoms with Gasteiger partial charge < -0.3 is 15.4 Å². The van der Waals surface area contributed by atoms with Gasteiger partial charge in [0.25, 0.3) is 0 Å². The first-order valence-electron chi connectivity index (χ1n) is 8.54. The second kappa shape index (κ2) is 8.57. The molecule has 2 heterocycles. The third kappa shape index (κ3) is 5.00. The summed E-state index contributed by atoms with van der Waals surface area (Å²) in [6.07, 6.45) is 2.63. The Morgan fingerprint density at radius 3 is 3.15 bits per heavy atom. The first-order valence-corrected chi connectivity index (χ1v) is 9.35. The smallest absolute Gasteiger partial charge is 0.223 e. The molecule has 26 heavy (non-hydrogen) atoms. The number of benzene rings is 1. The van der Waals surface area contributed by atoms with E-state index in [-0.39, 0.29) is 17.5 Å². The highest BCUT2D eigenvalue weighted by Gasteiger charge is 2.21. The summed E-state index contributed by atoms with van der Waals surface area (Å²) in [4.78, 5) is 18.8. The molecule has 1 aliphatic rings. The topological polar surface area (TPSA) is 66.5 Å². The van der Waals surface area contributed by atoms with Crippen molar-refractivity contribution < 1.29 is 13.9 Å². The molecule has 1 atom stereocenters. The maximum absolute atomic E-state index is 13.6. The number of hydrogen-bond donors (Lipinski definition) is 2. The Labute approximate surface area is 156 Å². The van der Waals surface area contributed by atoms with Crippen LogP contribution in [0.1, 0.15) is 17.4 Å². The highest BCUT2D eigenvalue weighted by Crippen LogP contribution is 2.22. The van der Waals surface area contributed by atoms with Gasteiger partial charge in [-0.05, 0) is 24.1 Å². The monoisotopic (exact) mass is 378 g/mol. The van der Waals surface area contributed by atoms with Crippen molar-refractivity contribution in [3.63, 3.8) is 0 Å². The Kier molecular flexibility index (Phi) is 6.18. The molecule has 1 amide bonds. The minimum atomic E-state index is -0.338. The second-order valence-electron chi connectivity index (χ2n) is 6.37. The Balaban J connectivity index is 1.57. The van der Waals surface area contributed by atoms with E-state index < -0.39 is 0 Å². The van der Waals surface area contributed by atoms with Crippen LogP contribution in [0.3, 0.4) is 0 Å². The number of piperazine rings is 1. The first-order chi connectivity index (χ1) is 12.5. The first kappa shape index (κ1) is 18.8. The number of methoxy groups -OCH3 is 1. The van der Waals surface area contributed by atoms with Gasteiger partial charge in [-0.25, -0.2) is 9.37 Å². The largest absolute Gasteiger partial charge is 0.494 e. The van der Waals surface area contributed by atoms with Crippen LogP contribution in [-0.2, 0) is 17.8 Å². The van der Waals surface area contributed by atoms with E-state index in [9.17, 15) is 9.18 Å². The molecule has 140 valence electrons. The zero-order valence-electron chi connectivity index (χ0n) is 14.9. The number of carbonyl (C=O) groups excluding carboxylic acids is 1. The molecule has 1 aromatic heterocycles. The minimum Gasteiger partial charge on any atom is -0.494 e. The van der Waals surface area contributed by atoms with Crippen molar-refractivity contribution in [1.29, 1.82) is 0 Å². The fraction of sp³-hybridized carbons (Fsp3) is 0.444. The Bertz CT molecular complexity index is 767. The third-order valence-corrected chi connectivity index (χ3v) is 5.15. The van der Waals surface area contributed by atoms with Crippen LogP contribution in [0, 0.1) is 5.82 Å². The van der Waals surface area contributed by atoms with Crippen molar-refractivity contribution in [2.45, 2.75) is 25.9 Å². The number of aromatic nitrogens is 1. The van der Waals surface area contributed by atoms with E-state index in [0.29, 0.717) is 11.2 Å². The average molecular weight is 378 g/mol. The molecule has 1 saturated heterocycles. The number of carbonyl (C=O) groups is 1. The van der Waals surface area contributed by atoms with Crippen molar-refractivity contribution in [3.8, 4) is 5.75 Å². The number of halogens is 1. The van der Waals surface area contributed by atoms with Crippen molar-refractivity contribution in [2.75, 3.05) is 32.1 Å². The van der Waals surface area contributed by atoms with Crippen LogP contribution in [0.15, 0.2) is 24.4 Å². The Morgan fingerprint density at radius 1 is 1.54 bits per heavy atom. The van der Waals surface area contributed by atoms with Crippen LogP contribution in [0.2, 0.25) is 0 Å². The summed E-state index contributed by atoms with van der Waals surface area (Å²) < 4.78 is 18.6. The molecular formula is C18H23FN4O2S. The summed E-state index contributed by atoms with van der Waals surface area (Å²) in [5, 5.41) is 6.87. The van der Waals surface area contributed by atoms with E-state index in [1.807, 2.05) is 6.20 Å². The SMILES string of the molecule is COc1cc(C[C@H]2CN(Cc3cnc(NC(C)=O)s3)CCN2)ccc1F. The zero-order valence-corrected chi connectivity index (χ0v) is 15.7. The summed E-state index contributed by atoms with van der Waals surface area (Å²) in [5.74, 6) is -0.164. The van der Waals surface area contributed by atoms with E-state index in [2.05, 4.69) is 20.5 Å². The van der Waals surface area contributed by atoms with Crippen LogP contribution in [0.4, 0.5) is 9.52 Å². The summed E-state index contributed by atoms with van der Waals surface area (Å²) in [7, 11) is 1.48. The number of rotatable bonds is 6. The van der Waals surface area contributed by atoms with Crippen LogP contribution >= 0.6 is 11.3 Å². The van der Waals surface area contributed by atoms with Crippen molar-refractivity contribution >= 4 is 22.4 Å². The fourth-order valence-corrected chi connectivity index (χ4v) is 4.00. The number of amides is 1. The lowest BCUT2D eigenvalue weighted by Gasteiger charge is -2.33. The van der Waals surface area contributed by atoms with Gasteiger partial charge >= 0.3 is 0 Å². The number of anilines is 1. The van der Waals surface area contributed by atoms with Crippen LogP contribution in [0.25, 0.3) is 0 Å². The van der Waals surface area contributed by atoms with E-state index in [4.69, 9.17) is 4.74 Å². The van der Waals surface area contributed by atoms with Gasteiger partial charge in [0.15, 0.2) is 16.7 Å². The standard InChI is InChI=1S/C18H23FN4O2S/c1-12(24)22-18-21-9-15(26-18)11-23-6-5-20-14(10-23)7-13-3-4-16(19)17(8-13)25-2/h3-4,8-9,14,20H,5-7,10-11H2,1-2H3,(H,21,22,24)/t14-/m0/s1. The van der Waals surface area contributed by atoms with Crippen molar-refractivity contribution in [1.82, 2.24) is 15.2 Å². The molecule has 1 fully saturated rings. The highest BCUT2D eigenvalue weighted by atomic mass is 32.1. The molecule has 0 aliphatic carbocycles. The van der Waals surface area contributed by atoms with Crippen molar-refractivity contribution in [2.24, 2.45) is 0 Å². The van der Waals surface area contributed by atoms with Gasteiger partial charge in [0, 0.05) is 50.2 Å². The number of hydrogen-bond acceptors (Lipinski definition) is 6. The van der Waals surface area contributed by atoms with Gasteiger partial charge in [-0.1, -0.05) is 6.07 Å². The molecule has 1 aromatic carbocycles. The summed E-state index contributed by atoms with van der Waals surface area (Å²) in [5.41, 5.74) is 1.05. The number of ether oxygens (including phenoxy) is 1. The van der Waals surface area contributed by atoms with Crippen LogP contribution < -0.4 is 15.4 Å². The quantitative estimate of drug-likeness (QED) is 0.807. The van der Waals surface area contributed by atoms with E-state index >= 15 is 0 Å². The van der Waals surface area contributed by atoms with Crippen molar-refractivity contribution in [3.05, 3.63) is 40.7 Å². The van der Waals surface area contributed by atoms with Gasteiger partial charge in [-0.15, -0.1) is 11.3 Å². The second-order valence-corrected chi connectivity index (χ2v) is 7.49. The fourth-order valence-electron chi connectivity index (χ4n) is 3.10. The summed E-state index contributed by atoms with van der Waals surface area (Å²) in [6, 6.07) is 5.32. The number of thiazole rings is 1. The minimum absolute atomic E-state index is 0.108. The molecule has 0 spiro atoms. The predicted molar refractivity (Wildman–Crippen MR) is 100 cm³/mol. The normalized spacial score (nSPS) is 17.9. The number of nitrogens with zero attached hydrogens (tertiary/aromatic N) is 2. The number of nitrogens with one attached hydrogen (secondary N) is 2. The van der Waals surface area contributed by atoms with Gasteiger partial charge in [-0.2, -0.15) is 0 Å². The molecule has 6 nitrogen and oxygen atoms in total. The lowest BCUT2D eigenvalue weighted by molar-refractivity contribution is -0.114. The molecular weight excluding hydrogens is 355 g/mol. The lowest BCUT2D eigenvalue weighted by atomic mass is 10.0. The maximum atomic E-state index is 13.6. The molecule has 1 aliphatic heterocycles. The van der Waals surface area contributed by atoms with Crippen LogP contribution in [0.5, 0.6) is 5.75 Å².